The van der Waals surface area contributed by atoms with Gasteiger partial charge in [0.2, 0.25) is 0 Å². The Bertz CT molecular complexity index is 894. The van der Waals surface area contributed by atoms with Gasteiger partial charge >= 0.3 is 0 Å². The maximum atomic E-state index is 10.6. The number of nitrogens with zero attached hydrogens (tertiary/aromatic N) is 5. The third-order valence-corrected chi connectivity index (χ3v) is 5.30. The van der Waals surface area contributed by atoms with Gasteiger partial charge in [0.25, 0.3) is 0 Å². The lowest BCUT2D eigenvalue weighted by molar-refractivity contribution is 0.140. The zero-order valence-corrected chi connectivity index (χ0v) is 15.8. The number of aliphatic hydroxyl groups excluding tert-OH is 1. The minimum atomic E-state index is -0.342. The van der Waals surface area contributed by atoms with Crippen LogP contribution in [0.4, 0.5) is 0 Å². The lowest BCUT2D eigenvalue weighted by Crippen LogP contribution is -2.23. The number of benzene rings is 1. The van der Waals surface area contributed by atoms with Crippen molar-refractivity contribution in [3.63, 3.8) is 0 Å². The van der Waals surface area contributed by atoms with Crippen LogP contribution in [0.15, 0.2) is 49.2 Å². The van der Waals surface area contributed by atoms with Crippen LogP contribution in [0.5, 0.6) is 0 Å². The van der Waals surface area contributed by atoms with Crippen molar-refractivity contribution < 1.29 is 5.11 Å². The van der Waals surface area contributed by atoms with E-state index in [-0.39, 0.29) is 12.0 Å². The Morgan fingerprint density at radius 3 is 2.78 bits per heavy atom. The van der Waals surface area contributed by atoms with E-state index in [1.807, 2.05) is 16.9 Å². The number of hydrogen-bond acceptors (Lipinski definition) is 5. The highest BCUT2D eigenvalue weighted by Crippen LogP contribution is 2.27. The second-order valence-corrected chi connectivity index (χ2v) is 7.45. The molecule has 6 nitrogen and oxygen atoms in total. The van der Waals surface area contributed by atoms with E-state index in [0.29, 0.717) is 6.54 Å². The molecule has 1 N–H and O–H groups in total. The number of hydrogen-bond donors (Lipinski definition) is 1. The third-order valence-electron chi connectivity index (χ3n) is 5.30. The average Bonchev–Trinajstić information content (AvgIpc) is 3.29. The molecule has 0 aliphatic carbocycles. The molecule has 0 unspecified atom stereocenters. The first-order chi connectivity index (χ1) is 13.1. The number of β-amino-alcohol motifs (C(OH)–C–C–N with tert-alkyl or cyclic N) is 1. The van der Waals surface area contributed by atoms with Gasteiger partial charge in [-0.15, -0.1) is 0 Å². The fourth-order valence-corrected chi connectivity index (χ4v) is 4.00. The van der Waals surface area contributed by atoms with Gasteiger partial charge in [-0.3, -0.25) is 14.9 Å². The minimum absolute atomic E-state index is 0.181. The van der Waals surface area contributed by atoms with Crippen LogP contribution in [0.2, 0.25) is 0 Å². The molecule has 3 heterocycles. The number of aromatic nitrogens is 4. The van der Waals surface area contributed by atoms with Crippen molar-refractivity contribution in [2.75, 3.05) is 13.1 Å². The second kappa shape index (κ2) is 7.58. The number of rotatable bonds is 5. The first kappa shape index (κ1) is 17.8. The van der Waals surface area contributed by atoms with E-state index in [1.54, 1.807) is 24.8 Å². The van der Waals surface area contributed by atoms with Crippen LogP contribution >= 0.6 is 0 Å². The highest BCUT2D eigenvalue weighted by molar-refractivity contribution is 5.48. The van der Waals surface area contributed by atoms with Crippen LogP contribution in [0.25, 0.3) is 5.69 Å². The molecule has 3 aromatic rings. The van der Waals surface area contributed by atoms with Crippen molar-refractivity contribution in [2.24, 2.45) is 5.92 Å². The van der Waals surface area contributed by atoms with Gasteiger partial charge in [-0.25, -0.2) is 4.68 Å². The molecule has 1 saturated heterocycles. The molecular weight excluding hydrogens is 338 g/mol. The second-order valence-electron chi connectivity index (χ2n) is 7.45. The monoisotopic (exact) mass is 363 g/mol. The predicted octanol–water partition coefficient (Wildman–Crippen LogP) is 2.31. The Balaban J connectivity index is 1.53. The third kappa shape index (κ3) is 3.91. The number of likely N-dealkylation sites (tertiary alicyclic amines) is 1. The van der Waals surface area contributed by atoms with E-state index in [9.17, 15) is 5.11 Å². The molecule has 1 aromatic carbocycles. The SMILES string of the molecule is Cc1cc(C)c(CN2C[C@@H](Cc3cnccn3)[C@H](O)C2)c(-n2cccn2)c1. The molecule has 2 aromatic heterocycles. The van der Waals surface area contributed by atoms with Crippen LogP contribution in [0.3, 0.4) is 0 Å². The van der Waals surface area contributed by atoms with Crippen LogP contribution in [0, 0.1) is 19.8 Å². The summed E-state index contributed by atoms with van der Waals surface area (Å²) >= 11 is 0. The normalized spacial score (nSPS) is 20.3. The van der Waals surface area contributed by atoms with Gasteiger partial charge in [0, 0.05) is 56.5 Å². The first-order valence-electron chi connectivity index (χ1n) is 9.35. The van der Waals surface area contributed by atoms with Crippen LogP contribution < -0.4 is 0 Å². The lowest BCUT2D eigenvalue weighted by Gasteiger charge is -2.20. The van der Waals surface area contributed by atoms with Crippen molar-refractivity contribution in [1.82, 2.24) is 24.6 Å². The molecule has 0 saturated carbocycles. The van der Waals surface area contributed by atoms with E-state index >= 15 is 0 Å². The summed E-state index contributed by atoms with van der Waals surface area (Å²) in [6.07, 6.45) is 9.37. The summed E-state index contributed by atoms with van der Waals surface area (Å²) in [7, 11) is 0. The molecule has 2 atom stereocenters. The maximum absolute atomic E-state index is 10.6. The molecule has 0 amide bonds. The van der Waals surface area contributed by atoms with E-state index < -0.39 is 0 Å². The van der Waals surface area contributed by atoms with Gasteiger partial charge in [-0.05, 0) is 49.1 Å². The Kier molecular flexibility index (Phi) is 5.01. The fourth-order valence-electron chi connectivity index (χ4n) is 4.00. The average molecular weight is 363 g/mol. The standard InChI is InChI=1S/C21H25N5O/c1-15-8-16(2)19(20(9-15)26-7-3-4-24-26)13-25-12-17(21(27)14-25)10-18-11-22-5-6-23-18/h3-9,11,17,21,27H,10,12-14H2,1-2H3/t17-,21-/m1/s1. The Hall–Kier alpha value is -2.57. The summed E-state index contributed by atoms with van der Waals surface area (Å²) in [4.78, 5) is 10.8. The van der Waals surface area contributed by atoms with Crippen molar-refractivity contribution in [3.8, 4) is 5.69 Å². The van der Waals surface area contributed by atoms with Crippen molar-refractivity contribution in [2.45, 2.75) is 32.9 Å². The van der Waals surface area contributed by atoms with Gasteiger partial charge in [0.1, 0.15) is 0 Å². The highest BCUT2D eigenvalue weighted by Gasteiger charge is 2.32. The summed E-state index contributed by atoms with van der Waals surface area (Å²) < 4.78 is 1.93. The molecule has 6 heteroatoms. The van der Waals surface area contributed by atoms with Gasteiger partial charge < -0.3 is 5.11 Å². The topological polar surface area (TPSA) is 67.1 Å². The molecule has 1 aliphatic heterocycles. The van der Waals surface area contributed by atoms with E-state index in [1.165, 1.54) is 16.7 Å². The van der Waals surface area contributed by atoms with Gasteiger partial charge in [-0.2, -0.15) is 5.10 Å². The zero-order chi connectivity index (χ0) is 18.8. The Morgan fingerprint density at radius 1 is 1.15 bits per heavy atom. The van der Waals surface area contributed by atoms with Crippen LogP contribution in [-0.4, -0.2) is 48.9 Å². The largest absolute Gasteiger partial charge is 0.391 e. The molecular formula is C21H25N5O. The fraction of sp³-hybridized carbons (Fsp3) is 0.381. The van der Waals surface area contributed by atoms with Crippen molar-refractivity contribution >= 4 is 0 Å². The van der Waals surface area contributed by atoms with Crippen molar-refractivity contribution in [3.05, 3.63) is 71.6 Å². The van der Waals surface area contributed by atoms with E-state index in [4.69, 9.17) is 0 Å². The molecule has 140 valence electrons. The lowest BCUT2D eigenvalue weighted by atomic mass is 10.0. The van der Waals surface area contributed by atoms with Crippen molar-refractivity contribution in [1.29, 1.82) is 0 Å². The molecule has 27 heavy (non-hydrogen) atoms. The van der Waals surface area contributed by atoms with Gasteiger partial charge in [-0.1, -0.05) is 6.07 Å². The summed E-state index contributed by atoms with van der Waals surface area (Å²) in [6, 6.07) is 6.34. The molecule has 4 rings (SSSR count). The van der Waals surface area contributed by atoms with Crippen LogP contribution in [-0.2, 0) is 13.0 Å². The quantitative estimate of drug-likeness (QED) is 0.753. The molecule has 1 aliphatic rings. The zero-order valence-electron chi connectivity index (χ0n) is 15.8. The van der Waals surface area contributed by atoms with E-state index in [2.05, 4.69) is 45.9 Å². The molecule has 0 bridgehead atoms. The van der Waals surface area contributed by atoms with Gasteiger partial charge in [0.15, 0.2) is 0 Å². The smallest absolute Gasteiger partial charge is 0.0711 e. The summed E-state index contributed by atoms with van der Waals surface area (Å²) in [6.45, 7) is 6.59. The maximum Gasteiger partial charge on any atom is 0.0711 e. The highest BCUT2D eigenvalue weighted by atomic mass is 16.3. The minimum Gasteiger partial charge on any atom is -0.391 e. The summed E-state index contributed by atoms with van der Waals surface area (Å²) in [5.74, 6) is 0.181. The van der Waals surface area contributed by atoms with E-state index in [0.717, 1.165) is 30.9 Å². The molecule has 1 fully saturated rings. The Labute approximate surface area is 159 Å². The first-order valence-corrected chi connectivity index (χ1v) is 9.35. The predicted molar refractivity (Wildman–Crippen MR) is 104 cm³/mol. The summed E-state index contributed by atoms with van der Waals surface area (Å²) in [5.41, 5.74) is 5.80. The number of aryl methyl sites for hydroxylation is 2. The number of aliphatic hydroxyl groups is 1. The molecule has 0 radical (unpaired) electrons. The Morgan fingerprint density at radius 2 is 2.04 bits per heavy atom. The molecule has 0 spiro atoms. The summed E-state index contributed by atoms with van der Waals surface area (Å²) in [5, 5.41) is 15.0. The van der Waals surface area contributed by atoms with Gasteiger partial charge in [0.05, 0.1) is 17.5 Å². The van der Waals surface area contributed by atoms with Crippen LogP contribution in [0.1, 0.15) is 22.4 Å².